The third-order valence-electron chi connectivity index (χ3n) is 6.84. The zero-order valence-corrected chi connectivity index (χ0v) is 17.7. The number of amides is 1. The normalized spacial score (nSPS) is 28.5. The smallest absolute Gasteiger partial charge is 0.251 e. The number of aliphatic hydroxyl groups excluding tert-OH is 1. The van der Waals surface area contributed by atoms with E-state index in [9.17, 15) is 9.90 Å². The van der Waals surface area contributed by atoms with Gasteiger partial charge in [-0.15, -0.1) is 5.10 Å². The average molecular weight is 427 g/mol. The molecule has 0 bridgehead atoms. The number of aromatic nitrogens is 3. The van der Waals surface area contributed by atoms with Crippen molar-refractivity contribution in [2.24, 2.45) is 5.92 Å². The number of benzene rings is 1. The van der Waals surface area contributed by atoms with Crippen LogP contribution in [-0.2, 0) is 22.5 Å². The van der Waals surface area contributed by atoms with Gasteiger partial charge in [0.1, 0.15) is 18.2 Å². The van der Waals surface area contributed by atoms with E-state index in [-0.39, 0.29) is 36.8 Å². The predicted octanol–water partition coefficient (Wildman–Crippen LogP) is 2.03. The lowest BCUT2D eigenvalue weighted by Crippen LogP contribution is -2.44. The van der Waals surface area contributed by atoms with E-state index in [0.29, 0.717) is 24.3 Å². The summed E-state index contributed by atoms with van der Waals surface area (Å²) in [6.45, 7) is 0.804. The highest BCUT2D eigenvalue weighted by Gasteiger charge is 2.49. The first-order chi connectivity index (χ1) is 15.2. The van der Waals surface area contributed by atoms with Gasteiger partial charge in [-0.2, -0.15) is 0 Å². The molecule has 2 saturated heterocycles. The van der Waals surface area contributed by atoms with Crippen molar-refractivity contribution in [2.75, 3.05) is 13.2 Å². The van der Waals surface area contributed by atoms with Crippen molar-refractivity contribution in [3.05, 3.63) is 47.3 Å². The van der Waals surface area contributed by atoms with Crippen LogP contribution in [0.15, 0.2) is 30.5 Å². The van der Waals surface area contributed by atoms with Crippen LogP contribution >= 0.6 is 0 Å². The summed E-state index contributed by atoms with van der Waals surface area (Å²) in [5.41, 5.74) is 2.27. The van der Waals surface area contributed by atoms with Crippen LogP contribution in [-0.4, -0.2) is 57.5 Å². The molecule has 5 rings (SSSR count). The Balaban J connectivity index is 1.20. The van der Waals surface area contributed by atoms with E-state index in [4.69, 9.17) is 9.47 Å². The fraction of sp³-hybridized carbons (Fsp3) is 0.609. The molecule has 3 heterocycles. The van der Waals surface area contributed by atoms with Crippen molar-refractivity contribution in [1.29, 1.82) is 0 Å². The minimum atomic E-state index is -0.217. The lowest BCUT2D eigenvalue weighted by Gasteiger charge is -2.20. The van der Waals surface area contributed by atoms with Gasteiger partial charge < -0.3 is 19.9 Å². The molecule has 1 aromatic heterocycles. The van der Waals surface area contributed by atoms with Crippen LogP contribution in [0, 0.1) is 5.92 Å². The number of nitrogens with one attached hydrogen (secondary N) is 1. The van der Waals surface area contributed by atoms with Gasteiger partial charge in [0, 0.05) is 11.8 Å². The first-order valence-electron chi connectivity index (χ1n) is 11.4. The van der Waals surface area contributed by atoms with E-state index in [2.05, 4.69) is 15.6 Å². The second-order valence-electron chi connectivity index (χ2n) is 9.00. The van der Waals surface area contributed by atoms with Crippen molar-refractivity contribution in [3.63, 3.8) is 0 Å². The molecule has 166 valence electrons. The summed E-state index contributed by atoms with van der Waals surface area (Å²) in [5, 5.41) is 21.1. The highest BCUT2D eigenvalue weighted by atomic mass is 16.6. The molecule has 1 amide bonds. The Morgan fingerprint density at radius 3 is 2.84 bits per heavy atom. The van der Waals surface area contributed by atoms with E-state index in [1.807, 2.05) is 10.9 Å². The van der Waals surface area contributed by atoms with Crippen LogP contribution in [0.25, 0.3) is 0 Å². The molecule has 3 fully saturated rings. The molecule has 1 aliphatic carbocycles. The van der Waals surface area contributed by atoms with E-state index >= 15 is 0 Å². The van der Waals surface area contributed by atoms with E-state index in [0.717, 1.165) is 18.0 Å². The van der Waals surface area contributed by atoms with Gasteiger partial charge in [-0.05, 0) is 30.0 Å². The van der Waals surface area contributed by atoms with Gasteiger partial charge in [-0.1, -0.05) is 49.5 Å². The number of hydrogen-bond donors (Lipinski definition) is 2. The van der Waals surface area contributed by atoms with Crippen molar-refractivity contribution >= 4 is 5.91 Å². The molecule has 1 aromatic carbocycles. The maximum absolute atomic E-state index is 12.7. The van der Waals surface area contributed by atoms with Gasteiger partial charge in [-0.3, -0.25) is 4.79 Å². The molecule has 0 radical (unpaired) electrons. The Kier molecular flexibility index (Phi) is 6.02. The first kappa shape index (κ1) is 20.6. The zero-order valence-electron chi connectivity index (χ0n) is 17.7. The number of aliphatic hydroxyl groups is 1. The average Bonchev–Trinajstić information content (AvgIpc) is 3.52. The van der Waals surface area contributed by atoms with Crippen LogP contribution in [0.5, 0.6) is 0 Å². The predicted molar refractivity (Wildman–Crippen MR) is 112 cm³/mol. The third kappa shape index (κ3) is 4.37. The molecule has 2 aromatic rings. The standard InChI is InChI=1S/C23H30N4O4/c28-12-16-7-4-8-17(9-16)23(29)24-19-13-30-22-20(14-31-21(19)22)27-11-18(25-26-27)10-15-5-2-1-3-6-15/h4,7-9,11,15,19-22,28H,1-3,5-6,10,12-14H2,(H,24,29)/t19-,20-,21+,22+/m0/s1. The quantitative estimate of drug-likeness (QED) is 0.733. The first-order valence-corrected chi connectivity index (χ1v) is 11.4. The Morgan fingerprint density at radius 2 is 2.00 bits per heavy atom. The van der Waals surface area contributed by atoms with Gasteiger partial charge in [0.15, 0.2) is 0 Å². The maximum atomic E-state index is 12.7. The summed E-state index contributed by atoms with van der Waals surface area (Å²) in [7, 11) is 0. The summed E-state index contributed by atoms with van der Waals surface area (Å²) in [6.07, 6.45) is 9.25. The molecule has 0 spiro atoms. The minimum absolute atomic E-state index is 0.0303. The Bertz CT molecular complexity index is 910. The van der Waals surface area contributed by atoms with Crippen molar-refractivity contribution in [3.8, 4) is 0 Å². The van der Waals surface area contributed by atoms with Gasteiger partial charge in [0.2, 0.25) is 0 Å². The van der Waals surface area contributed by atoms with Gasteiger partial charge >= 0.3 is 0 Å². The molecule has 8 heteroatoms. The highest BCUT2D eigenvalue weighted by molar-refractivity contribution is 5.94. The zero-order chi connectivity index (χ0) is 21.2. The minimum Gasteiger partial charge on any atom is -0.392 e. The van der Waals surface area contributed by atoms with Crippen LogP contribution in [0.4, 0.5) is 0 Å². The molecule has 31 heavy (non-hydrogen) atoms. The number of hydrogen-bond acceptors (Lipinski definition) is 6. The second-order valence-corrected chi connectivity index (χ2v) is 9.00. The monoisotopic (exact) mass is 426 g/mol. The van der Waals surface area contributed by atoms with E-state index in [1.165, 1.54) is 32.1 Å². The summed E-state index contributed by atoms with van der Waals surface area (Å²) in [6, 6.07) is 6.75. The summed E-state index contributed by atoms with van der Waals surface area (Å²) >= 11 is 0. The number of rotatable bonds is 6. The maximum Gasteiger partial charge on any atom is 0.251 e. The largest absolute Gasteiger partial charge is 0.392 e. The molecule has 8 nitrogen and oxygen atoms in total. The molecule has 2 aliphatic heterocycles. The third-order valence-corrected chi connectivity index (χ3v) is 6.84. The summed E-state index contributed by atoms with van der Waals surface area (Å²) < 4.78 is 13.9. The number of fused-ring (bicyclic) bond motifs is 1. The van der Waals surface area contributed by atoms with Gasteiger partial charge in [0.05, 0.1) is 31.6 Å². The van der Waals surface area contributed by atoms with Crippen molar-refractivity contribution in [2.45, 2.75) is 69.4 Å². The van der Waals surface area contributed by atoms with Crippen LogP contribution in [0.3, 0.4) is 0 Å². The van der Waals surface area contributed by atoms with Crippen LogP contribution < -0.4 is 5.32 Å². The SMILES string of the molecule is O=C(N[C@H]1CO[C@H]2[C@@H]1OC[C@@H]2n1cc(CC2CCCCC2)nn1)c1cccc(CO)c1. The number of carbonyl (C=O) groups is 1. The molecule has 3 aliphatic rings. The summed E-state index contributed by atoms with van der Waals surface area (Å²) in [4.78, 5) is 12.7. The van der Waals surface area contributed by atoms with Crippen LogP contribution in [0.2, 0.25) is 0 Å². The number of carbonyl (C=O) groups excluding carboxylic acids is 1. The fourth-order valence-electron chi connectivity index (χ4n) is 5.15. The highest BCUT2D eigenvalue weighted by Crippen LogP contribution is 2.34. The van der Waals surface area contributed by atoms with E-state index in [1.54, 1.807) is 24.3 Å². The lowest BCUT2D eigenvalue weighted by molar-refractivity contribution is 0.0613. The Hall–Kier alpha value is -2.29. The fourth-order valence-corrected chi connectivity index (χ4v) is 5.15. The lowest BCUT2D eigenvalue weighted by atomic mass is 9.86. The van der Waals surface area contributed by atoms with Crippen LogP contribution in [0.1, 0.15) is 59.8 Å². The van der Waals surface area contributed by atoms with Gasteiger partial charge in [0.25, 0.3) is 5.91 Å². The molecule has 1 saturated carbocycles. The van der Waals surface area contributed by atoms with Gasteiger partial charge in [-0.25, -0.2) is 4.68 Å². The van der Waals surface area contributed by atoms with E-state index < -0.39 is 0 Å². The topological polar surface area (TPSA) is 98.5 Å². The summed E-state index contributed by atoms with van der Waals surface area (Å²) in [5.74, 6) is 0.533. The molecule has 4 atom stereocenters. The molecule has 0 unspecified atom stereocenters. The second kappa shape index (κ2) is 9.06. The Morgan fingerprint density at radius 1 is 1.16 bits per heavy atom. The van der Waals surface area contributed by atoms with Crippen molar-refractivity contribution < 1.29 is 19.4 Å². The number of nitrogens with zero attached hydrogens (tertiary/aromatic N) is 3. The molecular formula is C23H30N4O4. The molecule has 2 N–H and O–H groups in total. The number of ether oxygens (including phenoxy) is 2. The van der Waals surface area contributed by atoms with Crippen molar-refractivity contribution in [1.82, 2.24) is 20.3 Å². The Labute approximate surface area is 181 Å². The molecular weight excluding hydrogens is 396 g/mol.